The van der Waals surface area contributed by atoms with Crippen molar-refractivity contribution in [3.8, 4) is 11.1 Å². The molecule has 28 heavy (non-hydrogen) atoms. The van der Waals surface area contributed by atoms with Crippen LogP contribution >= 0.6 is 0 Å². The summed E-state index contributed by atoms with van der Waals surface area (Å²) in [6, 6.07) is 24.4. The van der Waals surface area contributed by atoms with Gasteiger partial charge in [-0.25, -0.2) is 0 Å². The molecule has 0 aromatic heterocycles. The van der Waals surface area contributed by atoms with Crippen LogP contribution < -0.4 is 5.32 Å². The zero-order valence-corrected chi connectivity index (χ0v) is 18.4. The summed E-state index contributed by atoms with van der Waals surface area (Å²) >= 11 is 0. The first-order chi connectivity index (χ1) is 13.0. The van der Waals surface area contributed by atoms with Gasteiger partial charge in [0, 0.05) is 16.9 Å². The first-order valence-electron chi connectivity index (χ1n) is 10.1. The molecule has 0 aliphatic carbocycles. The van der Waals surface area contributed by atoms with Crippen LogP contribution in [0, 0.1) is 6.92 Å². The van der Waals surface area contributed by atoms with Gasteiger partial charge in [-0.2, -0.15) is 0 Å². The molecule has 1 N–H and O–H groups in total. The molecule has 0 aliphatic rings. The number of aryl methyl sites for hydroxylation is 1. The molecule has 0 atom stereocenters. The molecule has 0 aliphatic heterocycles. The Bertz CT molecular complexity index is 934. The van der Waals surface area contributed by atoms with Gasteiger partial charge in [0.05, 0.1) is 0 Å². The highest BCUT2D eigenvalue weighted by Crippen LogP contribution is 2.35. The summed E-state index contributed by atoms with van der Waals surface area (Å²) in [6.07, 6.45) is 0. The second-order valence-electron chi connectivity index (χ2n) is 9.83. The van der Waals surface area contributed by atoms with Gasteiger partial charge in [0.1, 0.15) is 0 Å². The lowest BCUT2D eigenvalue weighted by molar-refractivity contribution is 0.590. The van der Waals surface area contributed by atoms with E-state index in [1.807, 2.05) is 0 Å². The molecule has 0 radical (unpaired) electrons. The molecule has 0 spiro atoms. The van der Waals surface area contributed by atoms with Gasteiger partial charge in [-0.05, 0) is 58.7 Å². The van der Waals surface area contributed by atoms with Gasteiger partial charge < -0.3 is 5.32 Å². The van der Waals surface area contributed by atoms with Crippen molar-refractivity contribution in [1.82, 2.24) is 0 Å². The highest BCUT2D eigenvalue weighted by atomic mass is 14.9. The molecule has 3 aromatic rings. The molecule has 0 heterocycles. The third kappa shape index (κ3) is 4.65. The number of benzene rings is 3. The Labute approximate surface area is 170 Å². The number of hydrogen-bond acceptors (Lipinski definition) is 1. The van der Waals surface area contributed by atoms with Gasteiger partial charge in [-0.1, -0.05) is 89.6 Å². The minimum atomic E-state index is 0.117. The van der Waals surface area contributed by atoms with Crippen LogP contribution in [-0.4, -0.2) is 0 Å². The van der Waals surface area contributed by atoms with Crippen molar-refractivity contribution in [2.24, 2.45) is 0 Å². The Morgan fingerprint density at radius 2 is 1.14 bits per heavy atom. The number of rotatable bonds is 3. The third-order valence-electron chi connectivity index (χ3n) is 5.28. The quantitative estimate of drug-likeness (QED) is 0.492. The first-order valence-corrected chi connectivity index (χ1v) is 10.1. The second-order valence-corrected chi connectivity index (χ2v) is 9.83. The molecule has 1 nitrogen and oxygen atoms in total. The van der Waals surface area contributed by atoms with Crippen molar-refractivity contribution in [1.29, 1.82) is 0 Å². The van der Waals surface area contributed by atoms with Crippen LogP contribution in [0.4, 0.5) is 11.4 Å². The normalized spacial score (nSPS) is 12.1. The Balaban J connectivity index is 2.01. The molecule has 1 heteroatoms. The van der Waals surface area contributed by atoms with Crippen molar-refractivity contribution in [2.75, 3.05) is 5.32 Å². The van der Waals surface area contributed by atoms with Crippen LogP contribution in [-0.2, 0) is 10.8 Å². The van der Waals surface area contributed by atoms with E-state index in [1.165, 1.54) is 27.8 Å². The lowest BCUT2D eigenvalue weighted by Crippen LogP contribution is -2.11. The number of hydrogen-bond donors (Lipinski definition) is 1. The van der Waals surface area contributed by atoms with E-state index in [0.29, 0.717) is 0 Å². The van der Waals surface area contributed by atoms with Gasteiger partial charge in [0.25, 0.3) is 0 Å². The summed E-state index contributed by atoms with van der Waals surface area (Å²) in [5, 5.41) is 3.64. The fraction of sp³-hybridized carbons (Fsp3) is 0.333. The second kappa shape index (κ2) is 7.47. The molecule has 3 rings (SSSR count). The van der Waals surface area contributed by atoms with E-state index in [2.05, 4.69) is 121 Å². The average Bonchev–Trinajstić information content (AvgIpc) is 2.62. The monoisotopic (exact) mass is 371 g/mol. The fourth-order valence-electron chi connectivity index (χ4n) is 3.30. The van der Waals surface area contributed by atoms with Crippen molar-refractivity contribution in [2.45, 2.75) is 59.3 Å². The standard InChI is InChI=1S/C27H33N/c1-19-8-10-20(11-9-19)24-18-22(27(5,6)7)14-17-25(24)28-23-15-12-21(13-16-23)26(2,3)4/h8-18,28H,1-7H3. The van der Waals surface area contributed by atoms with Gasteiger partial charge in [-0.3, -0.25) is 0 Å². The van der Waals surface area contributed by atoms with E-state index in [0.717, 1.165) is 11.4 Å². The minimum Gasteiger partial charge on any atom is -0.355 e. The lowest BCUT2D eigenvalue weighted by atomic mass is 9.85. The van der Waals surface area contributed by atoms with Crippen molar-refractivity contribution in [3.05, 3.63) is 83.4 Å². The van der Waals surface area contributed by atoms with Crippen LogP contribution in [0.15, 0.2) is 66.7 Å². The largest absolute Gasteiger partial charge is 0.355 e. The topological polar surface area (TPSA) is 12.0 Å². The maximum atomic E-state index is 3.64. The van der Waals surface area contributed by atoms with Gasteiger partial charge in [0.2, 0.25) is 0 Å². The summed E-state index contributed by atoms with van der Waals surface area (Å²) in [4.78, 5) is 0. The van der Waals surface area contributed by atoms with E-state index >= 15 is 0 Å². The van der Waals surface area contributed by atoms with E-state index in [-0.39, 0.29) is 10.8 Å². The summed E-state index contributed by atoms with van der Waals surface area (Å²) < 4.78 is 0. The molecular formula is C27H33N. The molecule has 146 valence electrons. The molecule has 0 fully saturated rings. The third-order valence-corrected chi connectivity index (χ3v) is 5.28. The Morgan fingerprint density at radius 3 is 1.68 bits per heavy atom. The molecule has 0 saturated carbocycles. The first kappa shape index (κ1) is 20.2. The van der Waals surface area contributed by atoms with Crippen LogP contribution in [0.5, 0.6) is 0 Å². The Hall–Kier alpha value is -2.54. The molecule has 0 saturated heterocycles. The molecular weight excluding hydrogens is 338 g/mol. The highest BCUT2D eigenvalue weighted by Gasteiger charge is 2.17. The van der Waals surface area contributed by atoms with Crippen molar-refractivity contribution >= 4 is 11.4 Å². The Kier molecular flexibility index (Phi) is 5.39. The van der Waals surface area contributed by atoms with Gasteiger partial charge in [-0.15, -0.1) is 0 Å². The van der Waals surface area contributed by atoms with Crippen molar-refractivity contribution < 1.29 is 0 Å². The summed E-state index contributed by atoms with van der Waals surface area (Å²) in [5.74, 6) is 0. The predicted octanol–water partition coefficient (Wildman–Crippen LogP) is 8.00. The van der Waals surface area contributed by atoms with E-state index < -0.39 is 0 Å². The van der Waals surface area contributed by atoms with Crippen LogP contribution in [0.3, 0.4) is 0 Å². The minimum absolute atomic E-state index is 0.117. The fourth-order valence-corrected chi connectivity index (χ4v) is 3.30. The van der Waals surface area contributed by atoms with Crippen LogP contribution in [0.1, 0.15) is 58.2 Å². The zero-order chi connectivity index (χ0) is 20.5. The lowest BCUT2D eigenvalue weighted by Gasteiger charge is -2.23. The SMILES string of the molecule is Cc1ccc(-c2cc(C(C)(C)C)ccc2Nc2ccc(C(C)(C)C)cc2)cc1. The number of anilines is 2. The molecule has 0 unspecified atom stereocenters. The van der Waals surface area contributed by atoms with E-state index in [9.17, 15) is 0 Å². The van der Waals surface area contributed by atoms with E-state index in [1.54, 1.807) is 0 Å². The average molecular weight is 372 g/mol. The maximum Gasteiger partial charge on any atom is 0.0464 e. The van der Waals surface area contributed by atoms with Gasteiger partial charge >= 0.3 is 0 Å². The van der Waals surface area contributed by atoms with Crippen molar-refractivity contribution in [3.63, 3.8) is 0 Å². The highest BCUT2D eigenvalue weighted by molar-refractivity contribution is 5.82. The predicted molar refractivity (Wildman–Crippen MR) is 124 cm³/mol. The summed E-state index contributed by atoms with van der Waals surface area (Å²) in [7, 11) is 0. The smallest absolute Gasteiger partial charge is 0.0464 e. The maximum absolute atomic E-state index is 3.64. The van der Waals surface area contributed by atoms with E-state index in [4.69, 9.17) is 0 Å². The zero-order valence-electron chi connectivity index (χ0n) is 18.4. The number of nitrogens with one attached hydrogen (secondary N) is 1. The molecule has 0 bridgehead atoms. The van der Waals surface area contributed by atoms with Gasteiger partial charge in [0.15, 0.2) is 0 Å². The molecule has 3 aromatic carbocycles. The van der Waals surface area contributed by atoms with Crippen LogP contribution in [0.25, 0.3) is 11.1 Å². The Morgan fingerprint density at radius 1 is 0.607 bits per heavy atom. The summed E-state index contributed by atoms with van der Waals surface area (Å²) in [5.41, 5.74) is 8.99. The summed E-state index contributed by atoms with van der Waals surface area (Å²) in [6.45, 7) is 15.7. The van der Waals surface area contributed by atoms with Crippen LogP contribution in [0.2, 0.25) is 0 Å². The molecule has 0 amide bonds.